The molecule has 1 aliphatic heterocycles. The number of nitrogens with one attached hydrogen (secondary N) is 2. The van der Waals surface area contributed by atoms with Crippen molar-refractivity contribution in [2.75, 3.05) is 17.9 Å². The number of allylic oxidation sites excluding steroid dienone is 1. The number of rotatable bonds is 6. The Morgan fingerprint density at radius 3 is 2.96 bits per heavy atom. The van der Waals surface area contributed by atoms with Crippen molar-refractivity contribution in [1.29, 1.82) is 0 Å². The molecule has 2 heterocycles. The molecule has 26 heavy (non-hydrogen) atoms. The molecule has 10 heteroatoms. The highest BCUT2D eigenvalue weighted by atomic mass is 32.2. The van der Waals surface area contributed by atoms with E-state index in [1.165, 1.54) is 11.8 Å². The normalized spacial score (nSPS) is 11.9. The van der Waals surface area contributed by atoms with Gasteiger partial charge < -0.3 is 19.4 Å². The van der Waals surface area contributed by atoms with Gasteiger partial charge in [0.15, 0.2) is 16.7 Å². The second-order valence-corrected chi connectivity index (χ2v) is 6.23. The Balaban J connectivity index is 1.50. The van der Waals surface area contributed by atoms with Crippen molar-refractivity contribution < 1.29 is 19.1 Å². The van der Waals surface area contributed by atoms with Crippen LogP contribution in [0.2, 0.25) is 0 Å². The fourth-order valence-electron chi connectivity index (χ4n) is 2.24. The Hall–Kier alpha value is -3.01. The largest absolute Gasteiger partial charge is 0.454 e. The van der Waals surface area contributed by atoms with Gasteiger partial charge in [-0.05, 0) is 19.1 Å². The SMILES string of the molecule is C=CCn1c(C)nnc1SCC(=O)NC(=O)Nc1ccc2c(c1)OCO2. The molecule has 136 valence electrons. The van der Waals surface area contributed by atoms with E-state index in [1.807, 2.05) is 11.5 Å². The van der Waals surface area contributed by atoms with Gasteiger partial charge in [0, 0.05) is 18.3 Å². The molecule has 0 unspecified atom stereocenters. The van der Waals surface area contributed by atoms with E-state index < -0.39 is 11.9 Å². The van der Waals surface area contributed by atoms with Crippen LogP contribution in [0.25, 0.3) is 0 Å². The second kappa shape index (κ2) is 7.91. The summed E-state index contributed by atoms with van der Waals surface area (Å²) in [6.07, 6.45) is 1.72. The number of ether oxygens (including phenoxy) is 2. The van der Waals surface area contributed by atoms with E-state index in [1.54, 1.807) is 24.3 Å². The van der Waals surface area contributed by atoms with E-state index in [-0.39, 0.29) is 12.5 Å². The molecule has 1 aromatic heterocycles. The van der Waals surface area contributed by atoms with Gasteiger partial charge in [-0.15, -0.1) is 16.8 Å². The summed E-state index contributed by atoms with van der Waals surface area (Å²) in [5, 5.41) is 13.4. The summed E-state index contributed by atoms with van der Waals surface area (Å²) < 4.78 is 12.3. The number of thioether (sulfide) groups is 1. The predicted octanol–water partition coefficient (Wildman–Crippen LogP) is 1.94. The first-order chi connectivity index (χ1) is 12.6. The van der Waals surface area contributed by atoms with Crippen LogP contribution in [0.4, 0.5) is 10.5 Å². The van der Waals surface area contributed by atoms with Crippen molar-refractivity contribution in [3.05, 3.63) is 36.7 Å². The Morgan fingerprint density at radius 2 is 2.15 bits per heavy atom. The molecule has 0 saturated heterocycles. The van der Waals surface area contributed by atoms with Gasteiger partial charge in [0.25, 0.3) is 0 Å². The highest BCUT2D eigenvalue weighted by molar-refractivity contribution is 7.99. The number of imide groups is 1. The second-order valence-electron chi connectivity index (χ2n) is 5.29. The Morgan fingerprint density at radius 1 is 1.35 bits per heavy atom. The quantitative estimate of drug-likeness (QED) is 0.587. The van der Waals surface area contributed by atoms with Crippen LogP contribution >= 0.6 is 11.8 Å². The predicted molar refractivity (Wildman–Crippen MR) is 95.4 cm³/mol. The molecule has 1 aliphatic rings. The Kier molecular flexibility index (Phi) is 5.42. The lowest BCUT2D eigenvalue weighted by atomic mass is 10.3. The molecule has 0 saturated carbocycles. The fraction of sp³-hybridized carbons (Fsp3) is 0.250. The number of carbonyl (C=O) groups excluding carboxylic acids is 2. The first kappa shape index (κ1) is 17.8. The number of carbonyl (C=O) groups is 2. The van der Waals surface area contributed by atoms with Crippen LogP contribution in [0.3, 0.4) is 0 Å². The Labute approximate surface area is 153 Å². The molecule has 0 radical (unpaired) electrons. The molecule has 9 nitrogen and oxygen atoms in total. The van der Waals surface area contributed by atoms with E-state index in [9.17, 15) is 9.59 Å². The summed E-state index contributed by atoms with van der Waals surface area (Å²) in [4.78, 5) is 23.9. The minimum atomic E-state index is -0.627. The van der Waals surface area contributed by atoms with E-state index in [0.29, 0.717) is 28.9 Å². The van der Waals surface area contributed by atoms with Crippen molar-refractivity contribution in [2.45, 2.75) is 18.6 Å². The summed E-state index contributed by atoms with van der Waals surface area (Å²) in [5.41, 5.74) is 0.494. The molecular weight excluding hydrogens is 358 g/mol. The molecular formula is C16H17N5O4S. The van der Waals surface area contributed by atoms with Gasteiger partial charge in [-0.1, -0.05) is 17.8 Å². The maximum absolute atomic E-state index is 12.0. The molecule has 0 atom stereocenters. The highest BCUT2D eigenvalue weighted by Gasteiger charge is 2.16. The smallest absolute Gasteiger partial charge is 0.325 e. The molecule has 0 bridgehead atoms. The first-order valence-electron chi connectivity index (χ1n) is 7.71. The van der Waals surface area contributed by atoms with Crippen LogP contribution < -0.4 is 20.1 Å². The maximum Gasteiger partial charge on any atom is 0.325 e. The minimum absolute atomic E-state index is 0.0316. The maximum atomic E-state index is 12.0. The monoisotopic (exact) mass is 375 g/mol. The highest BCUT2D eigenvalue weighted by Crippen LogP contribution is 2.34. The summed E-state index contributed by atoms with van der Waals surface area (Å²) in [5.74, 6) is 1.47. The van der Waals surface area contributed by atoms with E-state index in [0.717, 1.165) is 5.82 Å². The number of aryl methyl sites for hydroxylation is 1. The number of fused-ring (bicyclic) bond motifs is 1. The first-order valence-corrected chi connectivity index (χ1v) is 8.69. The standard InChI is InChI=1S/C16H17N5O4S/c1-3-6-21-10(2)19-20-16(21)26-8-14(22)18-15(23)17-11-4-5-12-13(7-11)25-9-24-12/h3-5,7H,1,6,8-9H2,2H3,(H2,17,18,22,23). The third-order valence-electron chi connectivity index (χ3n) is 3.43. The van der Waals surface area contributed by atoms with Gasteiger partial charge >= 0.3 is 6.03 Å². The topological polar surface area (TPSA) is 107 Å². The number of anilines is 1. The van der Waals surface area contributed by atoms with Crippen molar-refractivity contribution >= 4 is 29.4 Å². The average molecular weight is 375 g/mol. The third kappa shape index (κ3) is 4.14. The zero-order chi connectivity index (χ0) is 18.5. The molecule has 3 rings (SSSR count). The lowest BCUT2D eigenvalue weighted by Gasteiger charge is -2.08. The van der Waals surface area contributed by atoms with Gasteiger partial charge in [0.1, 0.15) is 5.82 Å². The molecule has 2 N–H and O–H groups in total. The van der Waals surface area contributed by atoms with E-state index >= 15 is 0 Å². The fourth-order valence-corrected chi connectivity index (χ4v) is 3.03. The number of amides is 3. The van der Waals surface area contributed by atoms with Crippen LogP contribution in [0.15, 0.2) is 36.0 Å². The number of aromatic nitrogens is 3. The third-order valence-corrected chi connectivity index (χ3v) is 4.40. The lowest BCUT2D eigenvalue weighted by Crippen LogP contribution is -2.35. The molecule has 3 amide bonds. The summed E-state index contributed by atoms with van der Waals surface area (Å²) >= 11 is 1.19. The minimum Gasteiger partial charge on any atom is -0.454 e. The van der Waals surface area contributed by atoms with Crippen molar-refractivity contribution in [2.24, 2.45) is 0 Å². The van der Waals surface area contributed by atoms with Gasteiger partial charge in [-0.25, -0.2) is 4.79 Å². The van der Waals surface area contributed by atoms with Crippen LogP contribution in [0, 0.1) is 6.92 Å². The van der Waals surface area contributed by atoms with Crippen molar-refractivity contribution in [3.8, 4) is 11.5 Å². The summed E-state index contributed by atoms with van der Waals surface area (Å²) in [6, 6.07) is 4.34. The number of hydrogen-bond acceptors (Lipinski definition) is 7. The zero-order valence-corrected chi connectivity index (χ0v) is 14.8. The van der Waals surface area contributed by atoms with Crippen LogP contribution in [0.1, 0.15) is 5.82 Å². The molecule has 2 aromatic rings. The van der Waals surface area contributed by atoms with Crippen LogP contribution in [-0.2, 0) is 11.3 Å². The molecule has 1 aromatic carbocycles. The average Bonchev–Trinajstić information content (AvgIpc) is 3.20. The number of hydrogen-bond donors (Lipinski definition) is 2. The van der Waals surface area contributed by atoms with Crippen LogP contribution in [-0.4, -0.2) is 39.2 Å². The van der Waals surface area contributed by atoms with Crippen molar-refractivity contribution in [1.82, 2.24) is 20.1 Å². The van der Waals surface area contributed by atoms with Gasteiger partial charge in [-0.2, -0.15) is 0 Å². The van der Waals surface area contributed by atoms with Gasteiger partial charge in [0.2, 0.25) is 12.7 Å². The van der Waals surface area contributed by atoms with Crippen molar-refractivity contribution in [3.63, 3.8) is 0 Å². The van der Waals surface area contributed by atoms with Crippen LogP contribution in [0.5, 0.6) is 11.5 Å². The van der Waals surface area contributed by atoms with Gasteiger partial charge in [0.05, 0.1) is 5.75 Å². The molecule has 0 fully saturated rings. The molecule has 0 aliphatic carbocycles. The van der Waals surface area contributed by atoms with E-state index in [4.69, 9.17) is 9.47 Å². The number of benzene rings is 1. The lowest BCUT2D eigenvalue weighted by molar-refractivity contribution is -0.117. The zero-order valence-electron chi connectivity index (χ0n) is 14.0. The summed E-state index contributed by atoms with van der Waals surface area (Å²) in [6.45, 7) is 6.20. The Bertz CT molecular complexity index is 851. The molecule has 0 spiro atoms. The van der Waals surface area contributed by atoms with E-state index in [2.05, 4.69) is 27.4 Å². The number of nitrogens with zero attached hydrogens (tertiary/aromatic N) is 3. The number of urea groups is 1. The summed E-state index contributed by atoms with van der Waals surface area (Å²) in [7, 11) is 0. The van der Waals surface area contributed by atoms with Gasteiger partial charge in [-0.3, -0.25) is 10.1 Å².